The predicted molar refractivity (Wildman–Crippen MR) is 90.7 cm³/mol. The van der Waals surface area contributed by atoms with Crippen LogP contribution in [-0.2, 0) is 6.54 Å². The van der Waals surface area contributed by atoms with Crippen molar-refractivity contribution < 1.29 is 8.94 Å². The summed E-state index contributed by atoms with van der Waals surface area (Å²) in [4.78, 5) is 9.17. The minimum Gasteiger partial charge on any atom is -0.461 e. The topological polar surface area (TPSA) is 58.5 Å². The van der Waals surface area contributed by atoms with E-state index in [1.165, 1.54) is 11.3 Å². The molecule has 1 saturated heterocycles. The highest BCUT2D eigenvalue weighted by Gasteiger charge is 2.20. The van der Waals surface area contributed by atoms with Gasteiger partial charge in [0.25, 0.3) is 0 Å². The minimum absolute atomic E-state index is 0.508. The average molecular weight is 324 g/mol. The van der Waals surface area contributed by atoms with Crippen molar-refractivity contribution in [3.8, 4) is 11.6 Å². The highest BCUT2D eigenvalue weighted by atomic mass is 16.5. The lowest BCUT2D eigenvalue weighted by Gasteiger charge is -2.35. The van der Waals surface area contributed by atoms with E-state index < -0.39 is 0 Å². The summed E-state index contributed by atoms with van der Waals surface area (Å²) in [7, 11) is 0. The molecule has 6 nitrogen and oxygen atoms in total. The molecule has 0 N–H and O–H groups in total. The normalized spacial score (nSPS) is 15.8. The first-order chi connectivity index (χ1) is 11.8. The molecule has 3 heterocycles. The number of furan rings is 1. The van der Waals surface area contributed by atoms with Gasteiger partial charge in [0.2, 0.25) is 11.7 Å². The van der Waals surface area contributed by atoms with Crippen LogP contribution in [0.5, 0.6) is 0 Å². The van der Waals surface area contributed by atoms with Crippen molar-refractivity contribution in [3.63, 3.8) is 0 Å². The van der Waals surface area contributed by atoms with Gasteiger partial charge >= 0.3 is 0 Å². The Balaban J connectivity index is 1.35. The number of hydrogen-bond donors (Lipinski definition) is 0. The zero-order chi connectivity index (χ0) is 16.4. The maximum Gasteiger partial charge on any atom is 0.241 e. The first-order valence-corrected chi connectivity index (χ1v) is 8.18. The second-order valence-corrected chi connectivity index (χ2v) is 6.09. The van der Waals surface area contributed by atoms with Crippen molar-refractivity contribution in [2.45, 2.75) is 13.5 Å². The van der Waals surface area contributed by atoms with Crippen LogP contribution in [0.15, 0.2) is 51.6 Å². The summed E-state index contributed by atoms with van der Waals surface area (Å²) in [5, 5.41) is 3.98. The van der Waals surface area contributed by atoms with Crippen LogP contribution in [0.4, 0.5) is 5.69 Å². The molecule has 1 aliphatic rings. The number of anilines is 1. The quantitative estimate of drug-likeness (QED) is 0.735. The number of benzene rings is 1. The molecule has 0 amide bonds. The van der Waals surface area contributed by atoms with Gasteiger partial charge in [0.1, 0.15) is 0 Å². The lowest BCUT2D eigenvalue weighted by Crippen LogP contribution is -2.46. The van der Waals surface area contributed by atoms with Crippen LogP contribution in [0.25, 0.3) is 11.6 Å². The van der Waals surface area contributed by atoms with E-state index in [0.29, 0.717) is 24.0 Å². The maximum absolute atomic E-state index is 5.34. The van der Waals surface area contributed by atoms with Crippen molar-refractivity contribution in [1.82, 2.24) is 15.0 Å². The molecule has 0 atom stereocenters. The molecule has 4 rings (SSSR count). The van der Waals surface area contributed by atoms with Gasteiger partial charge in [-0.2, -0.15) is 4.98 Å². The molecule has 1 aromatic carbocycles. The van der Waals surface area contributed by atoms with Crippen LogP contribution in [0.1, 0.15) is 11.5 Å². The van der Waals surface area contributed by atoms with Crippen molar-refractivity contribution in [2.75, 3.05) is 31.1 Å². The molecule has 0 spiro atoms. The molecular weight excluding hydrogens is 304 g/mol. The van der Waals surface area contributed by atoms with Gasteiger partial charge in [-0.25, -0.2) is 0 Å². The fourth-order valence-corrected chi connectivity index (χ4v) is 3.01. The Morgan fingerprint density at radius 1 is 1.08 bits per heavy atom. The van der Waals surface area contributed by atoms with E-state index in [2.05, 4.69) is 51.1 Å². The van der Waals surface area contributed by atoms with Gasteiger partial charge in [-0.05, 0) is 36.8 Å². The third kappa shape index (κ3) is 3.19. The van der Waals surface area contributed by atoms with Gasteiger partial charge in [0.05, 0.1) is 12.8 Å². The molecule has 6 heteroatoms. The fraction of sp³-hybridized carbons (Fsp3) is 0.333. The second kappa shape index (κ2) is 6.49. The number of aryl methyl sites for hydroxylation is 1. The van der Waals surface area contributed by atoms with Gasteiger partial charge in [0.15, 0.2) is 5.76 Å². The number of piperazine rings is 1. The first kappa shape index (κ1) is 15.0. The van der Waals surface area contributed by atoms with E-state index in [-0.39, 0.29) is 0 Å². The Morgan fingerprint density at radius 3 is 2.71 bits per heavy atom. The van der Waals surface area contributed by atoms with Gasteiger partial charge in [-0.3, -0.25) is 4.90 Å². The van der Waals surface area contributed by atoms with Gasteiger partial charge < -0.3 is 13.8 Å². The largest absolute Gasteiger partial charge is 0.461 e. The number of nitrogens with zero attached hydrogens (tertiary/aromatic N) is 4. The molecule has 124 valence electrons. The van der Waals surface area contributed by atoms with Crippen LogP contribution in [0.2, 0.25) is 0 Å². The van der Waals surface area contributed by atoms with Gasteiger partial charge in [-0.1, -0.05) is 17.3 Å². The van der Waals surface area contributed by atoms with Gasteiger partial charge in [0, 0.05) is 31.9 Å². The van der Waals surface area contributed by atoms with Crippen LogP contribution in [0, 0.1) is 6.92 Å². The number of hydrogen-bond acceptors (Lipinski definition) is 6. The molecular formula is C18H20N4O2. The number of rotatable bonds is 4. The molecule has 0 aliphatic carbocycles. The van der Waals surface area contributed by atoms with E-state index in [4.69, 9.17) is 8.94 Å². The summed E-state index contributed by atoms with van der Waals surface area (Å²) >= 11 is 0. The molecule has 2 aromatic heterocycles. The smallest absolute Gasteiger partial charge is 0.241 e. The second-order valence-electron chi connectivity index (χ2n) is 6.09. The molecule has 0 bridgehead atoms. The zero-order valence-corrected chi connectivity index (χ0v) is 13.7. The monoisotopic (exact) mass is 324 g/mol. The summed E-state index contributed by atoms with van der Waals surface area (Å²) in [5.41, 5.74) is 2.60. The van der Waals surface area contributed by atoms with E-state index in [9.17, 15) is 0 Å². The Hall–Kier alpha value is -2.60. The third-order valence-corrected chi connectivity index (χ3v) is 4.31. The molecule has 3 aromatic rings. The van der Waals surface area contributed by atoms with Crippen molar-refractivity contribution in [2.24, 2.45) is 0 Å². The van der Waals surface area contributed by atoms with Gasteiger partial charge in [-0.15, -0.1) is 0 Å². The summed E-state index contributed by atoms with van der Waals surface area (Å²) in [6.07, 6.45) is 1.61. The van der Waals surface area contributed by atoms with Crippen LogP contribution >= 0.6 is 0 Å². The average Bonchev–Trinajstić information content (AvgIpc) is 3.27. The van der Waals surface area contributed by atoms with Crippen molar-refractivity contribution >= 4 is 5.69 Å². The molecule has 0 radical (unpaired) electrons. The summed E-state index contributed by atoms with van der Waals surface area (Å²) < 4.78 is 10.6. The SMILES string of the molecule is Cc1cccc(N2CCN(Cc3nc(-c4ccco4)no3)CC2)c1. The van der Waals surface area contributed by atoms with E-state index in [0.717, 1.165) is 26.2 Å². The van der Waals surface area contributed by atoms with Crippen molar-refractivity contribution in [1.29, 1.82) is 0 Å². The fourth-order valence-electron chi connectivity index (χ4n) is 3.01. The van der Waals surface area contributed by atoms with E-state index in [1.54, 1.807) is 6.26 Å². The standard InChI is InChI=1S/C18H20N4O2/c1-14-4-2-5-15(12-14)22-9-7-21(8-10-22)13-17-19-18(20-24-17)16-6-3-11-23-16/h2-6,11-12H,7-10,13H2,1H3. The molecule has 0 saturated carbocycles. The molecule has 1 aliphatic heterocycles. The zero-order valence-electron chi connectivity index (χ0n) is 13.7. The highest BCUT2D eigenvalue weighted by Crippen LogP contribution is 2.19. The lowest BCUT2D eigenvalue weighted by molar-refractivity contribution is 0.215. The Bertz CT molecular complexity index is 789. The Kier molecular flexibility index (Phi) is 4.04. The van der Waals surface area contributed by atoms with E-state index >= 15 is 0 Å². The third-order valence-electron chi connectivity index (χ3n) is 4.31. The molecule has 1 fully saturated rings. The number of aromatic nitrogens is 2. The summed E-state index contributed by atoms with van der Waals surface area (Å²) in [6, 6.07) is 12.3. The summed E-state index contributed by atoms with van der Waals surface area (Å²) in [5.74, 6) is 1.77. The Labute approximate surface area is 140 Å². The first-order valence-electron chi connectivity index (χ1n) is 8.18. The molecule has 0 unspecified atom stereocenters. The lowest BCUT2D eigenvalue weighted by atomic mass is 10.2. The Morgan fingerprint density at radius 2 is 1.96 bits per heavy atom. The molecule has 24 heavy (non-hydrogen) atoms. The minimum atomic E-state index is 0.508. The van der Waals surface area contributed by atoms with Crippen molar-refractivity contribution in [3.05, 3.63) is 54.1 Å². The highest BCUT2D eigenvalue weighted by molar-refractivity contribution is 5.48. The van der Waals surface area contributed by atoms with E-state index in [1.807, 2.05) is 12.1 Å². The van der Waals surface area contributed by atoms with Crippen LogP contribution in [-0.4, -0.2) is 41.2 Å². The van der Waals surface area contributed by atoms with Crippen LogP contribution in [0.3, 0.4) is 0 Å². The van der Waals surface area contributed by atoms with Crippen LogP contribution < -0.4 is 4.90 Å². The maximum atomic E-state index is 5.34. The predicted octanol–water partition coefficient (Wildman–Crippen LogP) is 2.96. The summed E-state index contributed by atoms with van der Waals surface area (Å²) in [6.45, 7) is 6.77.